The number of ether oxygens (including phenoxy) is 3. The topological polar surface area (TPSA) is 78.9 Å². The number of rotatable bonds is 61. The van der Waals surface area contributed by atoms with Gasteiger partial charge in [-0.3, -0.25) is 14.4 Å². The first-order valence-electron chi connectivity index (χ1n) is 34.3. The van der Waals surface area contributed by atoms with Gasteiger partial charge in [-0.2, -0.15) is 0 Å². The second-order valence-electron chi connectivity index (χ2n) is 22.4. The van der Waals surface area contributed by atoms with Crippen LogP contribution in [0.3, 0.4) is 0 Å². The van der Waals surface area contributed by atoms with Crippen molar-refractivity contribution in [2.75, 3.05) is 13.2 Å². The van der Waals surface area contributed by atoms with Crippen LogP contribution in [0.5, 0.6) is 0 Å². The summed E-state index contributed by atoms with van der Waals surface area (Å²) in [7, 11) is 0. The second kappa shape index (κ2) is 69.8. The molecular weight excluding hydrogens is 1020 g/mol. The lowest BCUT2D eigenvalue weighted by molar-refractivity contribution is -0.167. The monoisotopic (exact) mass is 1150 g/mol. The van der Waals surface area contributed by atoms with Crippen molar-refractivity contribution in [3.63, 3.8) is 0 Å². The Morgan fingerprint density at radius 3 is 0.795 bits per heavy atom. The lowest BCUT2D eigenvalue weighted by Crippen LogP contribution is -2.30. The average Bonchev–Trinajstić information content (AvgIpc) is 3.49. The molecule has 0 aliphatic rings. The van der Waals surface area contributed by atoms with Crippen molar-refractivity contribution in [1.82, 2.24) is 0 Å². The Morgan fingerprint density at radius 1 is 0.253 bits per heavy atom. The van der Waals surface area contributed by atoms with Crippen molar-refractivity contribution in [3.05, 3.63) is 146 Å². The first-order chi connectivity index (χ1) is 41.0. The molecule has 0 saturated carbocycles. The predicted molar refractivity (Wildman–Crippen MR) is 362 cm³/mol. The molecule has 6 nitrogen and oxygen atoms in total. The smallest absolute Gasteiger partial charge is 0.306 e. The summed E-state index contributed by atoms with van der Waals surface area (Å²) >= 11 is 0. The van der Waals surface area contributed by atoms with Gasteiger partial charge in [0.05, 0.1) is 0 Å². The first-order valence-corrected chi connectivity index (χ1v) is 34.3. The molecule has 0 aromatic rings. The Labute approximate surface area is 512 Å². The van der Waals surface area contributed by atoms with Gasteiger partial charge >= 0.3 is 17.9 Å². The number of unbranched alkanes of at least 4 members (excludes halogenated alkanes) is 26. The van der Waals surface area contributed by atoms with Crippen LogP contribution in [0, 0.1) is 0 Å². The van der Waals surface area contributed by atoms with Gasteiger partial charge in [-0.15, -0.1) is 0 Å². The summed E-state index contributed by atoms with van der Waals surface area (Å²) in [5.41, 5.74) is 0. The fourth-order valence-corrected chi connectivity index (χ4v) is 9.19. The number of allylic oxidation sites excluding steroid dienone is 24. The SMILES string of the molecule is CC/C=C\C/C=C\C/C=C\C/C=C\C/C=C\C/C=C\C/C=C\C/C=C\C/C=C\C/C=C\CCCCC(=O)OCC(COC(=O)CCCCCCC/C=C\C/C=C\CCCC)OC(=O)CCCCCCCCCCCCCCCCCCCC. The highest BCUT2D eigenvalue weighted by molar-refractivity contribution is 5.71. The predicted octanol–water partition coefficient (Wildman–Crippen LogP) is 23.9. The van der Waals surface area contributed by atoms with Crippen molar-refractivity contribution in [2.24, 2.45) is 0 Å². The van der Waals surface area contributed by atoms with Gasteiger partial charge < -0.3 is 14.2 Å². The number of carbonyl (C=O) groups excluding carboxylic acids is 3. The van der Waals surface area contributed by atoms with E-state index in [0.29, 0.717) is 25.7 Å². The molecule has 6 heteroatoms. The molecule has 0 amide bonds. The highest BCUT2D eigenvalue weighted by Crippen LogP contribution is 2.16. The van der Waals surface area contributed by atoms with Crippen molar-refractivity contribution in [2.45, 2.75) is 309 Å². The van der Waals surface area contributed by atoms with Crippen LogP contribution in [0.2, 0.25) is 0 Å². The largest absolute Gasteiger partial charge is 0.462 e. The maximum absolute atomic E-state index is 12.9. The van der Waals surface area contributed by atoms with Gasteiger partial charge in [0.15, 0.2) is 6.10 Å². The molecule has 0 radical (unpaired) electrons. The number of hydrogen-bond donors (Lipinski definition) is 0. The van der Waals surface area contributed by atoms with E-state index in [0.717, 1.165) is 141 Å². The van der Waals surface area contributed by atoms with Gasteiger partial charge in [-0.25, -0.2) is 0 Å². The molecule has 0 rings (SSSR count). The molecule has 0 bridgehead atoms. The molecule has 1 unspecified atom stereocenters. The van der Waals surface area contributed by atoms with E-state index in [4.69, 9.17) is 14.2 Å². The van der Waals surface area contributed by atoms with Gasteiger partial charge in [0.2, 0.25) is 0 Å². The summed E-state index contributed by atoms with van der Waals surface area (Å²) < 4.78 is 16.9. The third kappa shape index (κ3) is 68.0. The second-order valence-corrected chi connectivity index (χ2v) is 22.4. The summed E-state index contributed by atoms with van der Waals surface area (Å²) in [5.74, 6) is -0.953. The van der Waals surface area contributed by atoms with Crippen LogP contribution in [0.4, 0.5) is 0 Å². The summed E-state index contributed by atoms with van der Waals surface area (Å²) in [5, 5.41) is 0. The zero-order valence-corrected chi connectivity index (χ0v) is 53.9. The molecule has 0 aromatic carbocycles. The van der Waals surface area contributed by atoms with Gasteiger partial charge in [0, 0.05) is 19.3 Å². The highest BCUT2D eigenvalue weighted by atomic mass is 16.6. The Balaban J connectivity index is 4.40. The van der Waals surface area contributed by atoms with Gasteiger partial charge in [0.1, 0.15) is 13.2 Å². The Bertz CT molecular complexity index is 1800. The fourth-order valence-electron chi connectivity index (χ4n) is 9.19. The molecule has 470 valence electrons. The van der Waals surface area contributed by atoms with Gasteiger partial charge in [-0.1, -0.05) is 308 Å². The van der Waals surface area contributed by atoms with Crippen molar-refractivity contribution in [3.8, 4) is 0 Å². The molecule has 0 aliphatic heterocycles. The zero-order chi connectivity index (χ0) is 59.9. The molecule has 0 aliphatic carbocycles. The third-order valence-corrected chi connectivity index (χ3v) is 14.3. The molecule has 0 heterocycles. The van der Waals surface area contributed by atoms with Crippen LogP contribution < -0.4 is 0 Å². The van der Waals surface area contributed by atoms with Crippen LogP contribution in [0.25, 0.3) is 0 Å². The number of hydrogen-bond acceptors (Lipinski definition) is 6. The van der Waals surface area contributed by atoms with Crippen molar-refractivity contribution in [1.29, 1.82) is 0 Å². The summed E-state index contributed by atoms with van der Waals surface area (Å²) in [6.07, 6.45) is 100. The highest BCUT2D eigenvalue weighted by Gasteiger charge is 2.19. The standard InChI is InChI=1S/C77H126O6/c1-4-7-10-13-16-19-22-25-28-30-32-33-34-35-36-37-38-39-40-41-42-43-44-45-46-48-49-52-55-58-61-64-67-70-76(79)82-73-74(72-81-75(78)69-66-63-60-57-54-51-27-24-21-18-15-12-9-6-3)83-77(80)71-68-65-62-59-56-53-50-47-31-29-26-23-20-17-14-11-8-5-2/h7,10,15-16,18-19,24-25,27-28,32-33,35-36,38-39,41-42,44-45,48-49,55,58,74H,4-6,8-9,11-14,17,20-23,26,29-31,34,37,40,43,46-47,50-54,56-57,59-73H2,1-3H3/b10-7-,18-15-,19-16-,27-24-,28-25-,33-32-,36-35-,39-38-,42-41-,45-44-,49-48-,58-55-. The quantitative estimate of drug-likeness (QED) is 0.0261. The van der Waals surface area contributed by atoms with E-state index < -0.39 is 6.10 Å². The Kier molecular flexibility index (Phi) is 65.8. The maximum Gasteiger partial charge on any atom is 0.306 e. The molecule has 0 saturated heterocycles. The normalized spacial score (nSPS) is 13.0. The van der Waals surface area contributed by atoms with E-state index in [9.17, 15) is 14.4 Å². The summed E-state index contributed by atoms with van der Waals surface area (Å²) in [4.78, 5) is 38.4. The first kappa shape index (κ1) is 78.3. The van der Waals surface area contributed by atoms with Gasteiger partial charge in [-0.05, 0) is 122 Å². The molecule has 0 N–H and O–H groups in total. The van der Waals surface area contributed by atoms with Crippen LogP contribution in [0.1, 0.15) is 303 Å². The minimum absolute atomic E-state index is 0.101. The van der Waals surface area contributed by atoms with E-state index in [1.54, 1.807) is 0 Å². The van der Waals surface area contributed by atoms with Crippen LogP contribution >= 0.6 is 0 Å². The summed E-state index contributed by atoms with van der Waals surface area (Å²) in [6, 6.07) is 0. The van der Waals surface area contributed by atoms with E-state index in [1.165, 1.54) is 116 Å². The molecule has 1 atom stereocenters. The summed E-state index contributed by atoms with van der Waals surface area (Å²) in [6.45, 7) is 6.46. The molecule has 0 spiro atoms. The Morgan fingerprint density at radius 2 is 0.482 bits per heavy atom. The van der Waals surface area contributed by atoms with Crippen LogP contribution in [0.15, 0.2) is 146 Å². The number of esters is 3. The van der Waals surface area contributed by atoms with Crippen molar-refractivity contribution < 1.29 is 28.6 Å². The minimum Gasteiger partial charge on any atom is -0.462 e. The molecule has 0 aromatic heterocycles. The maximum atomic E-state index is 12.9. The molecule has 0 fully saturated rings. The third-order valence-electron chi connectivity index (χ3n) is 14.3. The van der Waals surface area contributed by atoms with E-state index >= 15 is 0 Å². The lowest BCUT2D eigenvalue weighted by Gasteiger charge is -2.18. The van der Waals surface area contributed by atoms with E-state index in [1.807, 2.05) is 0 Å². The van der Waals surface area contributed by atoms with Crippen LogP contribution in [-0.4, -0.2) is 37.2 Å². The van der Waals surface area contributed by atoms with Crippen LogP contribution in [-0.2, 0) is 28.6 Å². The van der Waals surface area contributed by atoms with E-state index in [2.05, 4.69) is 167 Å². The minimum atomic E-state index is -0.807. The molecular formula is C77H126O6. The fraction of sp³-hybridized carbons (Fsp3) is 0.649. The Hall–Kier alpha value is -4.71. The van der Waals surface area contributed by atoms with Crippen molar-refractivity contribution >= 4 is 17.9 Å². The van der Waals surface area contributed by atoms with E-state index in [-0.39, 0.29) is 31.1 Å². The zero-order valence-electron chi connectivity index (χ0n) is 53.9. The average molecular weight is 1150 g/mol. The van der Waals surface area contributed by atoms with Gasteiger partial charge in [0.25, 0.3) is 0 Å². The lowest BCUT2D eigenvalue weighted by atomic mass is 10.0. The number of carbonyl (C=O) groups is 3. The molecule has 83 heavy (non-hydrogen) atoms.